The smallest absolute Gasteiger partial charge is 0.254 e. The maximum Gasteiger partial charge on any atom is 0.254 e. The molecule has 2 saturated heterocycles. The summed E-state index contributed by atoms with van der Waals surface area (Å²) in [7, 11) is 0. The average molecular weight is 241 g/mol. The molecule has 0 bridgehead atoms. The van der Waals surface area contributed by atoms with Crippen LogP contribution in [0.2, 0.25) is 0 Å². The molecule has 98 valence electrons. The molecule has 0 saturated carbocycles. The Morgan fingerprint density at radius 1 is 1.59 bits per heavy atom. The first kappa shape index (κ1) is 12.8. The maximum atomic E-state index is 12.4. The van der Waals surface area contributed by atoms with E-state index in [0.717, 1.165) is 19.3 Å². The number of aliphatic hydroxyl groups excluding tert-OH is 1. The first-order valence-electron chi connectivity index (χ1n) is 6.68. The van der Waals surface area contributed by atoms with Gasteiger partial charge < -0.3 is 14.7 Å². The van der Waals surface area contributed by atoms with Crippen molar-refractivity contribution in [3.63, 3.8) is 0 Å². The molecule has 0 aliphatic carbocycles. The van der Waals surface area contributed by atoms with Crippen molar-refractivity contribution in [2.24, 2.45) is 5.92 Å². The summed E-state index contributed by atoms with van der Waals surface area (Å²) < 4.78 is 5.60. The lowest BCUT2D eigenvalue weighted by Crippen LogP contribution is -2.53. The van der Waals surface area contributed by atoms with E-state index in [1.807, 2.05) is 11.8 Å². The van der Waals surface area contributed by atoms with Gasteiger partial charge in [-0.2, -0.15) is 0 Å². The summed E-state index contributed by atoms with van der Waals surface area (Å²) in [6.07, 6.45) is 3.15. The third-order valence-corrected chi connectivity index (χ3v) is 4.18. The van der Waals surface area contributed by atoms with Gasteiger partial charge in [-0.05, 0) is 32.6 Å². The van der Waals surface area contributed by atoms with Crippen molar-refractivity contribution < 1.29 is 14.6 Å². The Hall–Kier alpha value is -0.610. The molecule has 1 N–H and O–H groups in total. The van der Waals surface area contributed by atoms with Crippen LogP contribution >= 0.6 is 0 Å². The number of amides is 1. The summed E-state index contributed by atoms with van der Waals surface area (Å²) in [4.78, 5) is 14.3. The lowest BCUT2D eigenvalue weighted by Gasteiger charge is -2.39. The van der Waals surface area contributed by atoms with Gasteiger partial charge in [0.25, 0.3) is 5.91 Å². The van der Waals surface area contributed by atoms with Crippen molar-refractivity contribution >= 4 is 5.91 Å². The minimum absolute atomic E-state index is 0.111. The molecule has 4 nitrogen and oxygen atoms in total. The number of rotatable bonds is 2. The molecule has 2 aliphatic heterocycles. The van der Waals surface area contributed by atoms with E-state index in [4.69, 9.17) is 4.74 Å². The fraction of sp³-hybridized carbons (Fsp3) is 0.923. The molecular formula is C13H23NO3. The van der Waals surface area contributed by atoms with Crippen LogP contribution in [0.25, 0.3) is 0 Å². The summed E-state index contributed by atoms with van der Waals surface area (Å²) in [5.41, 5.74) is -0.611. The maximum absolute atomic E-state index is 12.4. The van der Waals surface area contributed by atoms with Crippen LogP contribution in [0.5, 0.6) is 0 Å². The summed E-state index contributed by atoms with van der Waals surface area (Å²) in [5.74, 6) is 0.332. The van der Waals surface area contributed by atoms with Crippen molar-refractivity contribution in [2.45, 2.75) is 51.2 Å². The van der Waals surface area contributed by atoms with E-state index in [-0.39, 0.29) is 17.9 Å². The van der Waals surface area contributed by atoms with Gasteiger partial charge in [-0.3, -0.25) is 4.79 Å². The molecule has 2 rings (SSSR count). The number of carbonyl (C=O) groups excluding carboxylic acids is 1. The Balaban J connectivity index is 2.00. The fourth-order valence-corrected chi connectivity index (χ4v) is 2.89. The summed E-state index contributed by atoms with van der Waals surface area (Å²) >= 11 is 0. The quantitative estimate of drug-likeness (QED) is 0.789. The molecule has 17 heavy (non-hydrogen) atoms. The van der Waals surface area contributed by atoms with E-state index in [9.17, 15) is 9.90 Å². The molecule has 0 spiro atoms. The zero-order valence-corrected chi connectivity index (χ0v) is 10.8. The van der Waals surface area contributed by atoms with Crippen LogP contribution in [0.15, 0.2) is 0 Å². The highest BCUT2D eigenvalue weighted by Gasteiger charge is 2.42. The van der Waals surface area contributed by atoms with Gasteiger partial charge in [0, 0.05) is 25.6 Å². The molecule has 2 aliphatic rings. The van der Waals surface area contributed by atoms with Gasteiger partial charge in [-0.25, -0.2) is 0 Å². The van der Waals surface area contributed by atoms with Gasteiger partial charge in [0.1, 0.15) is 5.60 Å². The predicted octanol–water partition coefficient (Wildman–Crippen LogP) is 1.17. The number of piperidine rings is 1. The van der Waals surface area contributed by atoms with Gasteiger partial charge in [0.15, 0.2) is 0 Å². The van der Waals surface area contributed by atoms with Gasteiger partial charge >= 0.3 is 0 Å². The number of carbonyl (C=O) groups is 1. The first-order valence-corrected chi connectivity index (χ1v) is 6.68. The second-order valence-electron chi connectivity index (χ2n) is 5.46. The van der Waals surface area contributed by atoms with E-state index in [1.54, 1.807) is 0 Å². The van der Waals surface area contributed by atoms with Crippen LogP contribution in [-0.4, -0.2) is 47.3 Å². The van der Waals surface area contributed by atoms with E-state index >= 15 is 0 Å². The van der Waals surface area contributed by atoms with E-state index in [2.05, 4.69) is 6.92 Å². The lowest BCUT2D eigenvalue weighted by atomic mass is 9.90. The predicted molar refractivity (Wildman–Crippen MR) is 64.6 cm³/mol. The molecule has 1 amide bonds. The van der Waals surface area contributed by atoms with Crippen LogP contribution in [0.3, 0.4) is 0 Å². The van der Waals surface area contributed by atoms with Crippen LogP contribution in [0, 0.1) is 5.92 Å². The molecule has 0 aromatic carbocycles. The highest BCUT2D eigenvalue weighted by molar-refractivity contribution is 5.85. The molecule has 0 aromatic heterocycles. The third-order valence-electron chi connectivity index (χ3n) is 4.18. The van der Waals surface area contributed by atoms with Crippen LogP contribution in [-0.2, 0) is 9.53 Å². The van der Waals surface area contributed by atoms with Gasteiger partial charge in [-0.1, -0.05) is 6.92 Å². The minimum atomic E-state index is -0.611. The Labute approximate surface area is 103 Å². The monoisotopic (exact) mass is 241 g/mol. The Morgan fingerprint density at radius 3 is 2.94 bits per heavy atom. The van der Waals surface area contributed by atoms with Crippen molar-refractivity contribution in [1.29, 1.82) is 0 Å². The molecular weight excluding hydrogens is 218 g/mol. The number of hydrogen-bond donors (Lipinski definition) is 1. The normalized spacial score (nSPS) is 38.4. The standard InChI is InChI=1S/C13H23NO3/c1-3-10-9-14(7-5-11(10)15)12(16)13(2)6-4-8-17-13/h10-11,15H,3-9H2,1-2H3. The Morgan fingerprint density at radius 2 is 2.35 bits per heavy atom. The van der Waals surface area contributed by atoms with E-state index < -0.39 is 5.60 Å². The highest BCUT2D eigenvalue weighted by atomic mass is 16.5. The van der Waals surface area contributed by atoms with Crippen molar-refractivity contribution in [2.75, 3.05) is 19.7 Å². The van der Waals surface area contributed by atoms with Gasteiger partial charge in [0.2, 0.25) is 0 Å². The number of nitrogens with zero attached hydrogens (tertiary/aromatic N) is 1. The Kier molecular flexibility index (Phi) is 3.73. The van der Waals surface area contributed by atoms with Crippen molar-refractivity contribution in [3.8, 4) is 0 Å². The Bertz CT molecular complexity index is 286. The second kappa shape index (κ2) is 4.94. The van der Waals surface area contributed by atoms with E-state index in [0.29, 0.717) is 26.1 Å². The second-order valence-corrected chi connectivity index (χ2v) is 5.46. The third kappa shape index (κ3) is 2.47. The highest BCUT2D eigenvalue weighted by Crippen LogP contribution is 2.30. The number of hydrogen-bond acceptors (Lipinski definition) is 3. The first-order chi connectivity index (χ1) is 8.07. The zero-order valence-electron chi connectivity index (χ0n) is 10.8. The minimum Gasteiger partial charge on any atom is -0.393 e. The summed E-state index contributed by atoms with van der Waals surface area (Å²) in [6.45, 7) is 5.99. The lowest BCUT2D eigenvalue weighted by molar-refractivity contribution is -0.154. The molecule has 3 atom stereocenters. The largest absolute Gasteiger partial charge is 0.393 e. The summed E-state index contributed by atoms with van der Waals surface area (Å²) in [6, 6.07) is 0. The van der Waals surface area contributed by atoms with Crippen LogP contribution in [0.1, 0.15) is 39.5 Å². The molecule has 0 radical (unpaired) electrons. The molecule has 2 heterocycles. The summed E-state index contributed by atoms with van der Waals surface area (Å²) in [5, 5.41) is 9.83. The van der Waals surface area contributed by atoms with Gasteiger partial charge in [0.05, 0.1) is 6.10 Å². The topological polar surface area (TPSA) is 49.8 Å². The number of aliphatic hydroxyl groups is 1. The average Bonchev–Trinajstić information content (AvgIpc) is 2.77. The van der Waals surface area contributed by atoms with Crippen LogP contribution < -0.4 is 0 Å². The van der Waals surface area contributed by atoms with Crippen LogP contribution in [0.4, 0.5) is 0 Å². The molecule has 3 unspecified atom stereocenters. The SMILES string of the molecule is CCC1CN(C(=O)C2(C)CCCO2)CCC1O. The van der Waals surface area contributed by atoms with E-state index in [1.165, 1.54) is 0 Å². The fourth-order valence-electron chi connectivity index (χ4n) is 2.89. The number of ether oxygens (including phenoxy) is 1. The molecule has 2 fully saturated rings. The molecule has 0 aromatic rings. The zero-order chi connectivity index (χ0) is 12.5. The number of likely N-dealkylation sites (tertiary alicyclic amines) is 1. The van der Waals surface area contributed by atoms with Crippen molar-refractivity contribution in [1.82, 2.24) is 4.90 Å². The van der Waals surface area contributed by atoms with Crippen molar-refractivity contribution in [3.05, 3.63) is 0 Å². The van der Waals surface area contributed by atoms with Gasteiger partial charge in [-0.15, -0.1) is 0 Å². The molecule has 4 heteroatoms.